The predicted octanol–water partition coefficient (Wildman–Crippen LogP) is 21.2. The van der Waals surface area contributed by atoms with Gasteiger partial charge < -0.3 is 14.2 Å². The third-order valence-corrected chi connectivity index (χ3v) is 11.8. The summed E-state index contributed by atoms with van der Waals surface area (Å²) in [6.07, 6.45) is 99.9. The molecule has 0 aliphatic heterocycles. The van der Waals surface area contributed by atoms with Crippen molar-refractivity contribution < 1.29 is 28.6 Å². The largest absolute Gasteiger partial charge is 0.462 e. The second-order valence-corrected chi connectivity index (χ2v) is 19.1. The zero-order valence-corrected chi connectivity index (χ0v) is 49.8. The molecule has 0 rings (SSSR count). The van der Waals surface area contributed by atoms with Gasteiger partial charge >= 0.3 is 17.9 Å². The van der Waals surface area contributed by atoms with Gasteiger partial charge in [-0.1, -0.05) is 253 Å². The first-order valence-corrected chi connectivity index (χ1v) is 30.6. The average Bonchev–Trinajstić information content (AvgIpc) is 3.45. The number of ether oxygens (including phenoxy) is 3. The number of esters is 3. The molecule has 0 saturated carbocycles. The first-order valence-electron chi connectivity index (χ1n) is 30.6. The van der Waals surface area contributed by atoms with Gasteiger partial charge in [0.1, 0.15) is 13.2 Å². The smallest absolute Gasteiger partial charge is 0.309 e. The highest BCUT2D eigenvalue weighted by Gasteiger charge is 2.19. The molecule has 0 N–H and O–H groups in total. The van der Waals surface area contributed by atoms with E-state index >= 15 is 0 Å². The van der Waals surface area contributed by atoms with Gasteiger partial charge in [-0.25, -0.2) is 0 Å². The highest BCUT2D eigenvalue weighted by molar-refractivity contribution is 5.72. The number of carbonyl (C=O) groups excluding carboxylic acids is 3. The number of rotatable bonds is 52. The van der Waals surface area contributed by atoms with Gasteiger partial charge in [0.25, 0.3) is 0 Å². The standard InChI is InChI=1S/C73H108O6/c1-4-7-10-13-16-19-22-25-28-30-32-34-35-36-37-39-40-42-45-48-51-54-57-60-63-66-72(75)78-69-70(68-77-71(74)65-62-59-56-53-50-47-44-27-24-21-18-15-12-9-6-3)79-73(76)67-64-61-58-55-52-49-46-43-41-38-33-31-29-26-23-20-17-14-11-8-5-2/h7-12,16-21,25-29,32-34,36-38,40,42-44,46,50,52-53,55,59,62,70H,4-6,13-15,22-24,30-31,35,39,41,45,47-49,51,54,56-58,60-61,63-69H2,1-3H3/b10-7-,11-8-,12-9-,19-16-,20-17-,21-18-,28-25-,29-26-,34-32-,37-36-,38-33-,42-40-,44-27-,46-43-,53-50-,55-52-,62-59-. The van der Waals surface area contributed by atoms with Crippen LogP contribution < -0.4 is 0 Å². The summed E-state index contributed by atoms with van der Waals surface area (Å²) in [7, 11) is 0. The summed E-state index contributed by atoms with van der Waals surface area (Å²) in [5.74, 6) is -1.15. The Kier molecular flexibility index (Phi) is 59.6. The average molecular weight is 1080 g/mol. The van der Waals surface area contributed by atoms with E-state index in [9.17, 15) is 14.4 Å². The Bertz CT molecular complexity index is 1960. The lowest BCUT2D eigenvalue weighted by molar-refractivity contribution is -0.166. The SMILES string of the molecule is CC/C=C\C/C=C\C/C=C\C/C=C\C/C=C\C/C=C\CCCCCCCCC(=O)OCC(COC(=O)C/C=C\C/C=C\C/C=C\C/C=C\C/C=C\CC)OC(=O)CCCC/C=C\C/C=C\C/C=C\C/C=C\C/C=C\C/C=C\CC. The van der Waals surface area contributed by atoms with Gasteiger partial charge in [-0.15, -0.1) is 0 Å². The molecular formula is C73H108O6. The molecule has 0 heterocycles. The summed E-state index contributed by atoms with van der Waals surface area (Å²) < 4.78 is 16.7. The molecule has 0 aromatic carbocycles. The molecule has 1 unspecified atom stereocenters. The molecule has 0 aromatic heterocycles. The molecule has 6 heteroatoms. The highest BCUT2D eigenvalue weighted by Crippen LogP contribution is 2.12. The topological polar surface area (TPSA) is 78.9 Å². The summed E-state index contributed by atoms with van der Waals surface area (Å²) >= 11 is 0. The van der Waals surface area contributed by atoms with E-state index < -0.39 is 18.0 Å². The fraction of sp³-hybridized carbons (Fsp3) is 0.493. The van der Waals surface area contributed by atoms with Crippen LogP contribution in [0.1, 0.15) is 213 Å². The predicted molar refractivity (Wildman–Crippen MR) is 343 cm³/mol. The molecule has 1 atom stereocenters. The van der Waals surface area contributed by atoms with Crippen LogP contribution in [-0.2, 0) is 28.6 Å². The number of hydrogen-bond donors (Lipinski definition) is 0. The summed E-state index contributed by atoms with van der Waals surface area (Å²) in [5, 5.41) is 0. The minimum Gasteiger partial charge on any atom is -0.462 e. The van der Waals surface area contributed by atoms with Crippen LogP contribution >= 0.6 is 0 Å². The van der Waals surface area contributed by atoms with Crippen molar-refractivity contribution in [3.05, 3.63) is 207 Å². The van der Waals surface area contributed by atoms with Gasteiger partial charge in [0.15, 0.2) is 6.10 Å². The van der Waals surface area contributed by atoms with Gasteiger partial charge in [0, 0.05) is 12.8 Å². The molecule has 0 aliphatic carbocycles. The van der Waals surface area contributed by atoms with Crippen LogP contribution in [0.2, 0.25) is 0 Å². The molecule has 0 radical (unpaired) electrons. The lowest BCUT2D eigenvalue weighted by Gasteiger charge is -2.18. The fourth-order valence-electron chi connectivity index (χ4n) is 7.34. The second kappa shape index (κ2) is 64.5. The summed E-state index contributed by atoms with van der Waals surface area (Å²) in [6.45, 7) is 6.13. The Hall–Kier alpha value is -6.01. The maximum absolute atomic E-state index is 12.9. The van der Waals surface area contributed by atoms with Gasteiger partial charge in [-0.2, -0.15) is 0 Å². The molecule has 6 nitrogen and oxygen atoms in total. The minimum atomic E-state index is -0.863. The van der Waals surface area contributed by atoms with Crippen LogP contribution in [0.5, 0.6) is 0 Å². The quantitative estimate of drug-likeness (QED) is 0.0261. The Morgan fingerprint density at radius 3 is 0.848 bits per heavy atom. The molecule has 0 fully saturated rings. The van der Waals surface area contributed by atoms with Crippen molar-refractivity contribution in [3.63, 3.8) is 0 Å². The van der Waals surface area contributed by atoms with Gasteiger partial charge in [0.2, 0.25) is 0 Å². The molecule has 0 spiro atoms. The third kappa shape index (κ3) is 62.7. The van der Waals surface area contributed by atoms with E-state index in [0.717, 1.165) is 148 Å². The number of allylic oxidation sites excluding steroid dienone is 33. The van der Waals surface area contributed by atoms with Crippen LogP contribution in [0, 0.1) is 0 Å². The fourth-order valence-corrected chi connectivity index (χ4v) is 7.34. The van der Waals surface area contributed by atoms with Crippen LogP contribution in [0.3, 0.4) is 0 Å². The normalized spacial score (nSPS) is 13.6. The van der Waals surface area contributed by atoms with E-state index in [1.54, 1.807) is 6.08 Å². The minimum absolute atomic E-state index is 0.102. The summed E-state index contributed by atoms with van der Waals surface area (Å²) in [5.41, 5.74) is 0. The van der Waals surface area contributed by atoms with E-state index in [-0.39, 0.29) is 32.0 Å². The molecule has 79 heavy (non-hydrogen) atoms. The molecule has 0 bridgehead atoms. The van der Waals surface area contributed by atoms with Crippen molar-refractivity contribution in [3.8, 4) is 0 Å². The van der Waals surface area contributed by atoms with Crippen molar-refractivity contribution >= 4 is 17.9 Å². The van der Waals surface area contributed by atoms with Crippen molar-refractivity contribution in [2.24, 2.45) is 0 Å². The number of hydrogen-bond acceptors (Lipinski definition) is 6. The lowest BCUT2D eigenvalue weighted by Crippen LogP contribution is -2.30. The monoisotopic (exact) mass is 1080 g/mol. The van der Waals surface area contributed by atoms with Crippen molar-refractivity contribution in [2.45, 2.75) is 219 Å². The molecule has 0 aromatic rings. The van der Waals surface area contributed by atoms with Crippen LogP contribution in [0.4, 0.5) is 0 Å². The third-order valence-electron chi connectivity index (χ3n) is 11.8. The summed E-state index contributed by atoms with van der Waals surface area (Å²) in [4.78, 5) is 38.2. The van der Waals surface area contributed by atoms with Gasteiger partial charge in [-0.3, -0.25) is 14.4 Å². The van der Waals surface area contributed by atoms with E-state index in [4.69, 9.17) is 14.2 Å². The van der Waals surface area contributed by atoms with Gasteiger partial charge in [0.05, 0.1) is 6.42 Å². The zero-order chi connectivity index (χ0) is 57.1. The summed E-state index contributed by atoms with van der Waals surface area (Å²) in [6, 6.07) is 0. The molecule has 0 aliphatic rings. The Morgan fingerprint density at radius 1 is 0.266 bits per heavy atom. The van der Waals surface area contributed by atoms with E-state index in [1.807, 2.05) is 6.08 Å². The van der Waals surface area contributed by atoms with E-state index in [1.165, 1.54) is 12.8 Å². The lowest BCUT2D eigenvalue weighted by atomic mass is 10.1. The molecule has 0 amide bonds. The molecular weight excluding hydrogens is 973 g/mol. The Morgan fingerprint density at radius 2 is 0.506 bits per heavy atom. The Balaban J connectivity index is 4.61. The Labute approximate surface area is 483 Å². The maximum Gasteiger partial charge on any atom is 0.309 e. The van der Waals surface area contributed by atoms with Crippen molar-refractivity contribution in [2.75, 3.05) is 13.2 Å². The van der Waals surface area contributed by atoms with Crippen molar-refractivity contribution in [1.82, 2.24) is 0 Å². The first kappa shape index (κ1) is 73.0. The molecule has 0 saturated heterocycles. The highest BCUT2D eigenvalue weighted by atomic mass is 16.6. The van der Waals surface area contributed by atoms with E-state index in [0.29, 0.717) is 19.3 Å². The number of carbonyl (C=O) groups is 3. The van der Waals surface area contributed by atoms with Gasteiger partial charge in [-0.05, 0) is 148 Å². The zero-order valence-electron chi connectivity index (χ0n) is 49.8. The van der Waals surface area contributed by atoms with Crippen LogP contribution in [0.15, 0.2) is 207 Å². The van der Waals surface area contributed by atoms with Crippen LogP contribution in [0.25, 0.3) is 0 Å². The van der Waals surface area contributed by atoms with E-state index in [2.05, 4.69) is 215 Å². The number of unbranched alkanes of at least 4 members (excludes halogenated alkanes) is 8. The second-order valence-electron chi connectivity index (χ2n) is 19.1. The van der Waals surface area contributed by atoms with Crippen LogP contribution in [-0.4, -0.2) is 37.2 Å². The van der Waals surface area contributed by atoms with Crippen molar-refractivity contribution in [1.29, 1.82) is 0 Å². The first-order chi connectivity index (χ1) is 39.0. The maximum atomic E-state index is 12.9. The molecule has 436 valence electrons.